The highest BCUT2D eigenvalue weighted by Gasteiger charge is 2.16. The van der Waals surface area contributed by atoms with Crippen LogP contribution in [-0.2, 0) is 22.6 Å². The first-order valence-electron chi connectivity index (χ1n) is 10.8. The molecular formula is C24H30N2O4. The van der Waals surface area contributed by atoms with Gasteiger partial charge in [0.1, 0.15) is 12.4 Å². The van der Waals surface area contributed by atoms with Gasteiger partial charge < -0.3 is 19.5 Å². The minimum atomic E-state index is -0.102. The van der Waals surface area contributed by atoms with Crippen molar-refractivity contribution in [1.29, 1.82) is 0 Å². The molecule has 4 rings (SSSR count). The minimum Gasteiger partial charge on any atom is -0.491 e. The van der Waals surface area contributed by atoms with E-state index in [0.717, 1.165) is 57.9 Å². The number of benzene rings is 2. The lowest BCUT2D eigenvalue weighted by Gasteiger charge is -2.26. The molecule has 6 nitrogen and oxygen atoms in total. The van der Waals surface area contributed by atoms with Gasteiger partial charge in [0.15, 0.2) is 0 Å². The number of carbonyl (C=O) groups is 1. The average Bonchev–Trinajstić information content (AvgIpc) is 3.32. The Kier molecular flexibility index (Phi) is 7.34. The van der Waals surface area contributed by atoms with E-state index in [1.165, 1.54) is 5.56 Å². The number of amides is 1. The Labute approximate surface area is 178 Å². The normalized spacial score (nSPS) is 19.5. The lowest BCUT2D eigenvalue weighted by Crippen LogP contribution is -2.35. The van der Waals surface area contributed by atoms with Gasteiger partial charge in [-0.05, 0) is 42.2 Å². The second kappa shape index (κ2) is 10.6. The molecule has 2 aromatic carbocycles. The molecule has 1 amide bonds. The van der Waals surface area contributed by atoms with Crippen molar-refractivity contribution in [3.63, 3.8) is 0 Å². The summed E-state index contributed by atoms with van der Waals surface area (Å²) >= 11 is 0. The zero-order valence-corrected chi connectivity index (χ0v) is 17.3. The molecule has 160 valence electrons. The average molecular weight is 411 g/mol. The molecule has 0 aliphatic carbocycles. The molecule has 0 unspecified atom stereocenters. The quantitative estimate of drug-likeness (QED) is 0.725. The van der Waals surface area contributed by atoms with Crippen LogP contribution in [0.3, 0.4) is 0 Å². The fourth-order valence-corrected chi connectivity index (χ4v) is 3.76. The Morgan fingerprint density at radius 3 is 2.63 bits per heavy atom. The Hall–Kier alpha value is -2.41. The molecule has 1 atom stereocenters. The van der Waals surface area contributed by atoms with Crippen molar-refractivity contribution in [1.82, 2.24) is 10.2 Å². The van der Waals surface area contributed by atoms with E-state index in [-0.39, 0.29) is 12.0 Å². The highest BCUT2D eigenvalue weighted by Crippen LogP contribution is 2.17. The van der Waals surface area contributed by atoms with Gasteiger partial charge in [0.25, 0.3) is 5.91 Å². The van der Waals surface area contributed by atoms with Crippen LogP contribution in [0.5, 0.6) is 5.75 Å². The molecule has 2 saturated heterocycles. The van der Waals surface area contributed by atoms with E-state index in [1.807, 2.05) is 12.1 Å². The highest BCUT2D eigenvalue weighted by atomic mass is 16.5. The molecule has 0 spiro atoms. The number of nitrogens with one attached hydrogen (secondary N) is 1. The summed E-state index contributed by atoms with van der Waals surface area (Å²) in [6.07, 6.45) is 2.28. The fraction of sp³-hybridized carbons (Fsp3) is 0.458. The first kappa shape index (κ1) is 20.8. The van der Waals surface area contributed by atoms with Gasteiger partial charge in [-0.25, -0.2) is 0 Å². The largest absolute Gasteiger partial charge is 0.491 e. The molecule has 2 aliphatic rings. The molecule has 2 aliphatic heterocycles. The molecular weight excluding hydrogens is 380 g/mol. The predicted octanol–water partition coefficient (Wildman–Crippen LogP) is 3.01. The van der Waals surface area contributed by atoms with E-state index >= 15 is 0 Å². The number of rotatable bonds is 8. The summed E-state index contributed by atoms with van der Waals surface area (Å²) in [4.78, 5) is 14.9. The molecule has 0 bridgehead atoms. The maximum atomic E-state index is 12.6. The smallest absolute Gasteiger partial charge is 0.251 e. The minimum absolute atomic E-state index is 0.102. The molecule has 0 saturated carbocycles. The van der Waals surface area contributed by atoms with Crippen LogP contribution in [0.4, 0.5) is 0 Å². The van der Waals surface area contributed by atoms with Crippen LogP contribution < -0.4 is 10.1 Å². The number of morpholine rings is 1. The first-order valence-corrected chi connectivity index (χ1v) is 10.8. The second-order valence-electron chi connectivity index (χ2n) is 7.86. The van der Waals surface area contributed by atoms with Crippen molar-refractivity contribution < 1.29 is 19.0 Å². The van der Waals surface area contributed by atoms with Gasteiger partial charge in [-0.3, -0.25) is 9.69 Å². The molecule has 30 heavy (non-hydrogen) atoms. The Morgan fingerprint density at radius 1 is 1.07 bits per heavy atom. The topological polar surface area (TPSA) is 60.0 Å². The van der Waals surface area contributed by atoms with Crippen molar-refractivity contribution in [2.24, 2.45) is 0 Å². The zero-order chi connectivity index (χ0) is 20.6. The van der Waals surface area contributed by atoms with Crippen molar-refractivity contribution in [3.05, 3.63) is 65.2 Å². The maximum absolute atomic E-state index is 12.6. The van der Waals surface area contributed by atoms with Crippen LogP contribution in [0.1, 0.15) is 34.3 Å². The summed E-state index contributed by atoms with van der Waals surface area (Å²) in [5.41, 5.74) is 2.96. The lowest BCUT2D eigenvalue weighted by atomic mass is 10.1. The van der Waals surface area contributed by atoms with Crippen molar-refractivity contribution in [2.45, 2.75) is 32.0 Å². The van der Waals surface area contributed by atoms with Gasteiger partial charge in [0.2, 0.25) is 0 Å². The molecule has 6 heteroatoms. The summed E-state index contributed by atoms with van der Waals surface area (Å²) < 4.78 is 16.8. The third kappa shape index (κ3) is 6.05. The van der Waals surface area contributed by atoms with Crippen LogP contribution >= 0.6 is 0 Å². The number of hydrogen-bond donors (Lipinski definition) is 1. The van der Waals surface area contributed by atoms with Crippen molar-refractivity contribution in [2.75, 3.05) is 39.5 Å². The highest BCUT2D eigenvalue weighted by molar-refractivity contribution is 5.94. The summed E-state index contributed by atoms with van der Waals surface area (Å²) in [6, 6.07) is 15.7. The molecule has 2 aromatic rings. The van der Waals surface area contributed by atoms with Crippen molar-refractivity contribution >= 4 is 5.91 Å². The van der Waals surface area contributed by atoms with E-state index < -0.39 is 0 Å². The van der Waals surface area contributed by atoms with E-state index in [4.69, 9.17) is 14.2 Å². The summed E-state index contributed by atoms with van der Waals surface area (Å²) in [5, 5.41) is 2.99. The Morgan fingerprint density at radius 2 is 1.87 bits per heavy atom. The number of ether oxygens (including phenoxy) is 3. The van der Waals surface area contributed by atoms with E-state index in [9.17, 15) is 4.79 Å². The standard InChI is InChI=1S/C24H30N2O4/c27-24(21-3-1-4-22(15-21)30-18-23-5-2-12-29-23)25-16-19-6-8-20(9-7-19)17-26-10-13-28-14-11-26/h1,3-4,6-9,15,23H,2,5,10-14,16-18H2,(H,25,27)/t23-/m1/s1. The van der Waals surface area contributed by atoms with Crippen LogP contribution in [0.2, 0.25) is 0 Å². The third-order valence-electron chi connectivity index (χ3n) is 5.54. The Bertz CT molecular complexity index is 812. The van der Waals surface area contributed by atoms with Gasteiger partial charge in [-0.15, -0.1) is 0 Å². The zero-order valence-electron chi connectivity index (χ0n) is 17.3. The van der Waals surface area contributed by atoms with Gasteiger partial charge in [0.05, 0.1) is 19.3 Å². The number of carbonyl (C=O) groups excluding carboxylic acids is 1. The predicted molar refractivity (Wildman–Crippen MR) is 115 cm³/mol. The van der Waals surface area contributed by atoms with Crippen LogP contribution in [0, 0.1) is 0 Å². The van der Waals surface area contributed by atoms with Crippen LogP contribution in [0.15, 0.2) is 48.5 Å². The molecule has 2 heterocycles. The van der Waals surface area contributed by atoms with Gasteiger partial charge in [-0.1, -0.05) is 30.3 Å². The SMILES string of the molecule is O=C(NCc1ccc(CN2CCOCC2)cc1)c1cccc(OC[C@H]2CCCO2)c1. The van der Waals surface area contributed by atoms with Gasteiger partial charge in [0, 0.05) is 38.3 Å². The first-order chi connectivity index (χ1) is 14.8. The maximum Gasteiger partial charge on any atom is 0.251 e. The Balaban J connectivity index is 1.25. The van der Waals surface area contributed by atoms with Crippen molar-refractivity contribution in [3.8, 4) is 5.75 Å². The molecule has 0 aromatic heterocycles. The van der Waals surface area contributed by atoms with E-state index in [1.54, 1.807) is 12.1 Å². The fourth-order valence-electron chi connectivity index (χ4n) is 3.76. The number of hydrogen-bond acceptors (Lipinski definition) is 5. The van der Waals surface area contributed by atoms with Crippen LogP contribution in [-0.4, -0.2) is 56.4 Å². The summed E-state index contributed by atoms with van der Waals surface area (Å²) in [5.74, 6) is 0.598. The number of nitrogens with zero attached hydrogens (tertiary/aromatic N) is 1. The lowest BCUT2D eigenvalue weighted by molar-refractivity contribution is 0.0342. The summed E-state index contributed by atoms with van der Waals surface area (Å²) in [7, 11) is 0. The monoisotopic (exact) mass is 410 g/mol. The van der Waals surface area contributed by atoms with E-state index in [0.29, 0.717) is 24.5 Å². The van der Waals surface area contributed by atoms with Crippen LogP contribution in [0.25, 0.3) is 0 Å². The molecule has 1 N–H and O–H groups in total. The second-order valence-corrected chi connectivity index (χ2v) is 7.86. The summed E-state index contributed by atoms with van der Waals surface area (Å²) in [6.45, 7) is 6.36. The van der Waals surface area contributed by atoms with Gasteiger partial charge in [-0.2, -0.15) is 0 Å². The van der Waals surface area contributed by atoms with Gasteiger partial charge >= 0.3 is 0 Å². The third-order valence-corrected chi connectivity index (χ3v) is 5.54. The molecule has 2 fully saturated rings. The molecule has 0 radical (unpaired) electrons. The van der Waals surface area contributed by atoms with E-state index in [2.05, 4.69) is 34.5 Å².